The molecular weight excluding hydrogens is 438 g/mol. The van der Waals surface area contributed by atoms with Gasteiger partial charge in [-0.1, -0.05) is 18.2 Å². The van der Waals surface area contributed by atoms with Crippen molar-refractivity contribution in [1.29, 1.82) is 5.26 Å². The number of rotatable bonds is 6. The zero-order valence-corrected chi connectivity index (χ0v) is 19.3. The fourth-order valence-electron chi connectivity index (χ4n) is 3.44. The maximum absolute atomic E-state index is 13.2. The number of ketones is 1. The Morgan fingerprint density at radius 1 is 0.909 bits per heavy atom. The lowest BCUT2D eigenvalue weighted by Crippen LogP contribution is -2.17. The van der Waals surface area contributed by atoms with Gasteiger partial charge in [0.2, 0.25) is 15.9 Å². The van der Waals surface area contributed by atoms with Crippen LogP contribution in [0.5, 0.6) is 0 Å². The predicted octanol–water partition coefficient (Wildman–Crippen LogP) is 3.54. The second-order valence-electron chi connectivity index (χ2n) is 7.87. The monoisotopic (exact) mass is 461 g/mol. The molecule has 0 aliphatic heterocycles. The molecule has 0 saturated carbocycles. The van der Waals surface area contributed by atoms with Crippen LogP contribution in [-0.2, 0) is 21.2 Å². The quantitative estimate of drug-likeness (QED) is 0.542. The summed E-state index contributed by atoms with van der Waals surface area (Å²) in [4.78, 5) is 25.8. The Labute approximate surface area is 192 Å². The van der Waals surface area contributed by atoms with Gasteiger partial charge in [-0.25, -0.2) is 13.6 Å². The van der Waals surface area contributed by atoms with E-state index in [1.165, 1.54) is 18.2 Å². The number of amides is 1. The second kappa shape index (κ2) is 9.36. The molecular formula is C25H23N3O4S. The Morgan fingerprint density at radius 3 is 2.15 bits per heavy atom. The van der Waals surface area contributed by atoms with Crippen LogP contribution in [0.25, 0.3) is 0 Å². The fourth-order valence-corrected chi connectivity index (χ4v) is 4.04. The molecule has 3 aromatic rings. The van der Waals surface area contributed by atoms with E-state index in [9.17, 15) is 18.0 Å². The van der Waals surface area contributed by atoms with Crippen LogP contribution in [0, 0.1) is 32.1 Å². The molecule has 33 heavy (non-hydrogen) atoms. The third kappa shape index (κ3) is 5.52. The van der Waals surface area contributed by atoms with E-state index in [1.807, 2.05) is 19.9 Å². The van der Waals surface area contributed by atoms with Gasteiger partial charge in [-0.3, -0.25) is 9.59 Å². The van der Waals surface area contributed by atoms with Crippen LogP contribution in [0.4, 0.5) is 5.69 Å². The van der Waals surface area contributed by atoms with E-state index in [1.54, 1.807) is 43.3 Å². The molecule has 0 aromatic heterocycles. The van der Waals surface area contributed by atoms with Crippen molar-refractivity contribution in [3.05, 3.63) is 93.5 Å². The standard InChI is InChI=1S/C25H23N3O4S/c1-15-4-6-18(11-21(15)25(30)22-12-19(14-26)7-5-16(22)2)13-24(29)28-23-9-8-20(10-17(23)3)33(27,31)32/h4-12H,13H2,1-3H3,(H,28,29)(H2,27,31,32). The van der Waals surface area contributed by atoms with Crippen molar-refractivity contribution in [2.75, 3.05) is 5.32 Å². The molecule has 7 nitrogen and oxygen atoms in total. The number of nitrogens with two attached hydrogens (primary N) is 1. The van der Waals surface area contributed by atoms with Crippen LogP contribution in [-0.4, -0.2) is 20.1 Å². The highest BCUT2D eigenvalue weighted by atomic mass is 32.2. The van der Waals surface area contributed by atoms with Gasteiger partial charge in [-0.15, -0.1) is 0 Å². The number of aryl methyl sites for hydroxylation is 3. The molecule has 0 saturated heterocycles. The lowest BCUT2D eigenvalue weighted by Gasteiger charge is -2.12. The Morgan fingerprint density at radius 2 is 1.55 bits per heavy atom. The Hall–Kier alpha value is -3.80. The number of benzene rings is 3. The number of sulfonamides is 1. The molecule has 3 rings (SSSR count). The molecule has 3 N–H and O–H groups in total. The van der Waals surface area contributed by atoms with Gasteiger partial charge in [0.25, 0.3) is 0 Å². The number of hydrogen-bond donors (Lipinski definition) is 2. The summed E-state index contributed by atoms with van der Waals surface area (Å²) in [5, 5.41) is 17.1. The zero-order chi connectivity index (χ0) is 24.3. The SMILES string of the molecule is Cc1cc(S(N)(=O)=O)ccc1NC(=O)Cc1ccc(C)c(C(=O)c2cc(C#N)ccc2C)c1. The highest BCUT2D eigenvalue weighted by molar-refractivity contribution is 7.89. The zero-order valence-electron chi connectivity index (χ0n) is 18.5. The number of hydrogen-bond acceptors (Lipinski definition) is 5. The number of anilines is 1. The van der Waals surface area contributed by atoms with Gasteiger partial charge >= 0.3 is 0 Å². The van der Waals surface area contributed by atoms with Crippen LogP contribution in [0.3, 0.4) is 0 Å². The first-order valence-corrected chi connectivity index (χ1v) is 11.6. The molecule has 0 heterocycles. The molecule has 0 aliphatic carbocycles. The largest absolute Gasteiger partial charge is 0.326 e. The summed E-state index contributed by atoms with van der Waals surface area (Å²) in [5.74, 6) is -0.523. The maximum Gasteiger partial charge on any atom is 0.238 e. The topological polar surface area (TPSA) is 130 Å². The summed E-state index contributed by atoms with van der Waals surface area (Å²) < 4.78 is 23.0. The third-order valence-corrected chi connectivity index (χ3v) is 6.23. The molecule has 168 valence electrons. The molecule has 3 aromatic carbocycles. The van der Waals surface area contributed by atoms with Crippen molar-refractivity contribution in [2.45, 2.75) is 32.1 Å². The second-order valence-corrected chi connectivity index (χ2v) is 9.43. The summed E-state index contributed by atoms with van der Waals surface area (Å²) >= 11 is 0. The molecule has 0 bridgehead atoms. The summed E-state index contributed by atoms with van der Waals surface area (Å²) in [6, 6.07) is 16.5. The number of nitriles is 1. The van der Waals surface area contributed by atoms with Crippen molar-refractivity contribution < 1.29 is 18.0 Å². The lowest BCUT2D eigenvalue weighted by atomic mass is 9.93. The normalized spacial score (nSPS) is 11.0. The van der Waals surface area contributed by atoms with Gasteiger partial charge in [0.15, 0.2) is 5.78 Å². The molecule has 8 heteroatoms. The van der Waals surface area contributed by atoms with E-state index in [0.717, 1.165) is 11.1 Å². The van der Waals surface area contributed by atoms with Crippen molar-refractivity contribution in [3.8, 4) is 6.07 Å². The highest BCUT2D eigenvalue weighted by Crippen LogP contribution is 2.22. The first kappa shape index (κ1) is 23.9. The minimum Gasteiger partial charge on any atom is -0.326 e. The number of carbonyl (C=O) groups excluding carboxylic acids is 2. The number of primary sulfonamides is 1. The average molecular weight is 462 g/mol. The van der Waals surface area contributed by atoms with Crippen LogP contribution >= 0.6 is 0 Å². The van der Waals surface area contributed by atoms with Gasteiger partial charge in [0, 0.05) is 16.8 Å². The highest BCUT2D eigenvalue weighted by Gasteiger charge is 2.17. The molecule has 1 amide bonds. The summed E-state index contributed by atoms with van der Waals surface area (Å²) in [5.41, 5.74) is 4.52. The first-order valence-electron chi connectivity index (χ1n) is 10.1. The van der Waals surface area contributed by atoms with Gasteiger partial charge < -0.3 is 5.32 Å². The Bertz CT molecular complexity index is 1420. The first-order chi connectivity index (χ1) is 15.5. The minimum atomic E-state index is -3.83. The smallest absolute Gasteiger partial charge is 0.238 e. The summed E-state index contributed by atoms with van der Waals surface area (Å²) in [7, 11) is -3.83. The van der Waals surface area contributed by atoms with Crippen molar-refractivity contribution >= 4 is 27.4 Å². The van der Waals surface area contributed by atoms with Gasteiger partial charge in [0.05, 0.1) is 22.9 Å². The molecule has 0 fully saturated rings. The Balaban J connectivity index is 1.82. The van der Waals surface area contributed by atoms with Crippen LogP contribution in [0.1, 0.15) is 43.7 Å². The van der Waals surface area contributed by atoms with Gasteiger partial charge in [-0.2, -0.15) is 5.26 Å². The molecule has 0 atom stereocenters. The van der Waals surface area contributed by atoms with Gasteiger partial charge in [0.1, 0.15) is 0 Å². The predicted molar refractivity (Wildman–Crippen MR) is 125 cm³/mol. The Kier molecular flexibility index (Phi) is 6.77. The average Bonchev–Trinajstić information content (AvgIpc) is 2.75. The number of nitrogens with one attached hydrogen (secondary N) is 1. The van der Waals surface area contributed by atoms with Crippen LogP contribution in [0.15, 0.2) is 59.5 Å². The van der Waals surface area contributed by atoms with E-state index < -0.39 is 10.0 Å². The van der Waals surface area contributed by atoms with Gasteiger partial charge in [-0.05, 0) is 79.4 Å². The summed E-state index contributed by atoms with van der Waals surface area (Å²) in [6.07, 6.45) is 0.0220. The van der Waals surface area contributed by atoms with E-state index in [0.29, 0.717) is 33.5 Å². The molecule has 0 unspecified atom stereocenters. The fraction of sp³-hybridized carbons (Fsp3) is 0.160. The van der Waals surface area contributed by atoms with E-state index >= 15 is 0 Å². The minimum absolute atomic E-state index is 0.0220. The number of carbonyl (C=O) groups is 2. The molecule has 0 aliphatic rings. The van der Waals surface area contributed by atoms with Crippen molar-refractivity contribution in [3.63, 3.8) is 0 Å². The third-order valence-electron chi connectivity index (χ3n) is 5.32. The molecule has 0 spiro atoms. The molecule has 0 radical (unpaired) electrons. The summed E-state index contributed by atoms with van der Waals surface area (Å²) in [6.45, 7) is 5.30. The van der Waals surface area contributed by atoms with Crippen LogP contribution in [0.2, 0.25) is 0 Å². The lowest BCUT2D eigenvalue weighted by molar-refractivity contribution is -0.115. The van der Waals surface area contributed by atoms with Crippen molar-refractivity contribution in [2.24, 2.45) is 5.14 Å². The maximum atomic E-state index is 13.2. The van der Waals surface area contributed by atoms with E-state index in [4.69, 9.17) is 10.4 Å². The van der Waals surface area contributed by atoms with E-state index in [2.05, 4.69) is 5.32 Å². The van der Waals surface area contributed by atoms with E-state index in [-0.39, 0.29) is 23.0 Å². The van der Waals surface area contributed by atoms with Crippen molar-refractivity contribution in [1.82, 2.24) is 0 Å². The van der Waals surface area contributed by atoms with Crippen LogP contribution < -0.4 is 10.5 Å². The number of nitrogens with zero attached hydrogens (tertiary/aromatic N) is 1.